The van der Waals surface area contributed by atoms with Crippen LogP contribution in [0.15, 0.2) is 47.3 Å². The van der Waals surface area contributed by atoms with Crippen LogP contribution in [0.5, 0.6) is 0 Å². The van der Waals surface area contributed by atoms with Crippen LogP contribution in [0, 0.1) is 5.82 Å². The van der Waals surface area contributed by atoms with E-state index in [-0.39, 0.29) is 17.9 Å². The van der Waals surface area contributed by atoms with Crippen LogP contribution in [0.1, 0.15) is 5.56 Å². The lowest BCUT2D eigenvalue weighted by molar-refractivity contribution is 0.563. The first kappa shape index (κ1) is 17.0. The van der Waals surface area contributed by atoms with E-state index >= 15 is 0 Å². The van der Waals surface area contributed by atoms with Gasteiger partial charge in [-0.25, -0.2) is 9.37 Å². The van der Waals surface area contributed by atoms with Gasteiger partial charge in [-0.3, -0.25) is 9.36 Å². The van der Waals surface area contributed by atoms with Crippen molar-refractivity contribution in [3.05, 3.63) is 69.2 Å². The SMILES string of the molecule is O=c1c2cc(Cl)ccc2nc(N2CCNCC2)n1Cc1cccc(F)c1. The summed E-state index contributed by atoms with van der Waals surface area (Å²) in [6.07, 6.45) is 0. The second kappa shape index (κ2) is 7.05. The molecule has 0 aliphatic carbocycles. The third-order valence-electron chi connectivity index (χ3n) is 4.53. The number of fused-ring (bicyclic) bond motifs is 1. The summed E-state index contributed by atoms with van der Waals surface area (Å²) in [7, 11) is 0. The van der Waals surface area contributed by atoms with Crippen molar-refractivity contribution in [2.45, 2.75) is 6.54 Å². The molecule has 0 amide bonds. The van der Waals surface area contributed by atoms with Crippen molar-refractivity contribution in [3.63, 3.8) is 0 Å². The van der Waals surface area contributed by atoms with E-state index in [0.29, 0.717) is 27.4 Å². The van der Waals surface area contributed by atoms with Gasteiger partial charge < -0.3 is 10.2 Å². The van der Waals surface area contributed by atoms with Gasteiger partial charge >= 0.3 is 0 Å². The molecule has 0 saturated carbocycles. The van der Waals surface area contributed by atoms with Gasteiger partial charge in [0.2, 0.25) is 5.95 Å². The van der Waals surface area contributed by atoms with Crippen molar-refractivity contribution in [1.82, 2.24) is 14.9 Å². The van der Waals surface area contributed by atoms with E-state index in [1.54, 1.807) is 34.9 Å². The van der Waals surface area contributed by atoms with Gasteiger partial charge in [0.05, 0.1) is 17.4 Å². The largest absolute Gasteiger partial charge is 0.340 e. The first-order valence-corrected chi connectivity index (χ1v) is 8.90. The summed E-state index contributed by atoms with van der Waals surface area (Å²) in [6.45, 7) is 3.43. The van der Waals surface area contributed by atoms with E-state index in [0.717, 1.165) is 26.2 Å². The molecule has 0 radical (unpaired) electrons. The standard InChI is InChI=1S/C19H18ClFN4O/c20-14-4-5-17-16(11-14)18(26)25(12-13-2-1-3-15(21)10-13)19(23-17)24-8-6-22-7-9-24/h1-5,10-11,22H,6-9,12H2. The van der Waals surface area contributed by atoms with Gasteiger partial charge in [-0.15, -0.1) is 0 Å². The van der Waals surface area contributed by atoms with E-state index in [1.165, 1.54) is 12.1 Å². The fourth-order valence-electron chi connectivity index (χ4n) is 3.25. The molecule has 0 spiro atoms. The highest BCUT2D eigenvalue weighted by atomic mass is 35.5. The molecule has 2 heterocycles. The molecule has 2 aromatic carbocycles. The lowest BCUT2D eigenvalue weighted by Gasteiger charge is -2.30. The third kappa shape index (κ3) is 3.30. The molecule has 1 aliphatic heterocycles. The predicted molar refractivity (Wildman–Crippen MR) is 102 cm³/mol. The molecular formula is C19H18ClFN4O. The second-order valence-corrected chi connectivity index (χ2v) is 6.77. The van der Waals surface area contributed by atoms with Crippen LogP contribution in [0.25, 0.3) is 10.9 Å². The van der Waals surface area contributed by atoms with Gasteiger partial charge in [-0.05, 0) is 35.9 Å². The fraction of sp³-hybridized carbons (Fsp3) is 0.263. The second-order valence-electron chi connectivity index (χ2n) is 6.33. The van der Waals surface area contributed by atoms with Crippen LogP contribution >= 0.6 is 11.6 Å². The molecule has 7 heteroatoms. The minimum Gasteiger partial charge on any atom is -0.340 e. The molecule has 1 aromatic heterocycles. The zero-order valence-electron chi connectivity index (χ0n) is 14.1. The van der Waals surface area contributed by atoms with Gasteiger partial charge in [-0.2, -0.15) is 0 Å². The van der Waals surface area contributed by atoms with Crippen LogP contribution in [0.3, 0.4) is 0 Å². The normalized spacial score (nSPS) is 14.8. The Balaban J connectivity index is 1.88. The minimum atomic E-state index is -0.323. The van der Waals surface area contributed by atoms with Crippen molar-refractivity contribution < 1.29 is 4.39 Å². The van der Waals surface area contributed by atoms with Crippen molar-refractivity contribution in [3.8, 4) is 0 Å². The topological polar surface area (TPSA) is 50.2 Å². The molecule has 0 atom stereocenters. The number of nitrogens with one attached hydrogen (secondary N) is 1. The Morgan fingerprint density at radius 2 is 1.96 bits per heavy atom. The maximum Gasteiger partial charge on any atom is 0.263 e. The summed E-state index contributed by atoms with van der Waals surface area (Å²) in [4.78, 5) is 20.0. The number of benzene rings is 2. The number of aromatic nitrogens is 2. The molecule has 1 saturated heterocycles. The monoisotopic (exact) mass is 372 g/mol. The van der Waals surface area contributed by atoms with Crippen LogP contribution < -0.4 is 15.8 Å². The van der Waals surface area contributed by atoms with Gasteiger partial charge in [0.15, 0.2) is 0 Å². The molecule has 0 bridgehead atoms. The Morgan fingerprint density at radius 1 is 1.15 bits per heavy atom. The molecule has 1 fully saturated rings. The summed E-state index contributed by atoms with van der Waals surface area (Å²) in [5, 5.41) is 4.25. The smallest absolute Gasteiger partial charge is 0.263 e. The number of hydrogen-bond acceptors (Lipinski definition) is 4. The fourth-order valence-corrected chi connectivity index (χ4v) is 3.42. The van der Waals surface area contributed by atoms with E-state index in [2.05, 4.69) is 10.2 Å². The van der Waals surface area contributed by atoms with E-state index < -0.39 is 0 Å². The first-order valence-electron chi connectivity index (χ1n) is 8.52. The average molecular weight is 373 g/mol. The van der Waals surface area contributed by atoms with Crippen molar-refractivity contribution in [2.75, 3.05) is 31.1 Å². The number of anilines is 1. The summed E-state index contributed by atoms with van der Waals surface area (Å²) >= 11 is 6.07. The van der Waals surface area contributed by atoms with Gasteiger partial charge in [0, 0.05) is 31.2 Å². The lowest BCUT2D eigenvalue weighted by Crippen LogP contribution is -2.46. The van der Waals surface area contributed by atoms with Gasteiger partial charge in [0.1, 0.15) is 5.82 Å². The highest BCUT2D eigenvalue weighted by Gasteiger charge is 2.19. The van der Waals surface area contributed by atoms with Crippen LogP contribution in [-0.4, -0.2) is 35.7 Å². The summed E-state index contributed by atoms with van der Waals surface area (Å²) in [6, 6.07) is 11.4. The number of nitrogens with zero attached hydrogens (tertiary/aromatic N) is 3. The lowest BCUT2D eigenvalue weighted by atomic mass is 10.2. The molecule has 4 rings (SSSR count). The molecule has 1 aliphatic rings. The van der Waals surface area contributed by atoms with Crippen LogP contribution in [-0.2, 0) is 6.54 Å². The molecule has 3 aromatic rings. The Hall–Kier alpha value is -2.44. The summed E-state index contributed by atoms with van der Waals surface area (Å²) < 4.78 is 15.2. The average Bonchev–Trinajstić information content (AvgIpc) is 2.65. The summed E-state index contributed by atoms with van der Waals surface area (Å²) in [5.41, 5.74) is 1.16. The molecule has 5 nitrogen and oxygen atoms in total. The zero-order chi connectivity index (χ0) is 18.1. The number of rotatable bonds is 3. The minimum absolute atomic E-state index is 0.171. The third-order valence-corrected chi connectivity index (χ3v) is 4.76. The molecular weight excluding hydrogens is 355 g/mol. The maximum absolute atomic E-state index is 13.6. The Bertz CT molecular complexity index is 1010. The van der Waals surface area contributed by atoms with Crippen LogP contribution in [0.4, 0.5) is 10.3 Å². The van der Waals surface area contributed by atoms with Gasteiger partial charge in [0.25, 0.3) is 5.56 Å². The highest BCUT2D eigenvalue weighted by molar-refractivity contribution is 6.31. The molecule has 0 unspecified atom stereocenters. The van der Waals surface area contributed by atoms with E-state index in [1.807, 2.05) is 0 Å². The van der Waals surface area contributed by atoms with E-state index in [9.17, 15) is 9.18 Å². The molecule has 1 N–H and O–H groups in total. The summed E-state index contributed by atoms with van der Waals surface area (Å²) in [5.74, 6) is 0.284. The number of piperazine rings is 1. The predicted octanol–water partition coefficient (Wildman–Crippen LogP) is 2.65. The number of halogens is 2. The Labute approximate surface area is 155 Å². The maximum atomic E-state index is 13.6. The van der Waals surface area contributed by atoms with Gasteiger partial charge in [-0.1, -0.05) is 23.7 Å². The van der Waals surface area contributed by atoms with Crippen LogP contribution in [0.2, 0.25) is 5.02 Å². The quantitative estimate of drug-likeness (QED) is 0.768. The van der Waals surface area contributed by atoms with E-state index in [4.69, 9.17) is 16.6 Å². The van der Waals surface area contributed by atoms with Crippen molar-refractivity contribution in [1.29, 1.82) is 0 Å². The number of hydrogen-bond donors (Lipinski definition) is 1. The van der Waals surface area contributed by atoms with Crippen molar-refractivity contribution >= 4 is 28.5 Å². The molecule has 134 valence electrons. The first-order chi connectivity index (χ1) is 12.6. The molecule has 26 heavy (non-hydrogen) atoms. The Morgan fingerprint density at radius 3 is 2.73 bits per heavy atom. The van der Waals surface area contributed by atoms with Crippen molar-refractivity contribution in [2.24, 2.45) is 0 Å². The zero-order valence-corrected chi connectivity index (χ0v) is 14.8. The highest BCUT2D eigenvalue weighted by Crippen LogP contribution is 2.20. The Kier molecular flexibility index (Phi) is 4.61.